The number of ether oxygens (including phenoxy) is 1. The highest BCUT2D eigenvalue weighted by molar-refractivity contribution is 7.93. The molecule has 1 aliphatic heterocycles. The standard InChI is InChI=1S/C29H24N2O5S2/c1-2-36-29(33)24-23(20-14-8-4-9-15-20)25(38(34,35)21-16-10-5-11-17-21)26(30)31-27(32)22(37-28(24)31)18-19-12-6-3-7-13-19/h3-18,23,25,30H,2H2,1H3. The van der Waals surface area contributed by atoms with Crippen molar-refractivity contribution >= 4 is 44.6 Å². The first-order valence-electron chi connectivity index (χ1n) is 12.0. The Hall–Kier alpha value is -4.08. The van der Waals surface area contributed by atoms with Gasteiger partial charge in [-0.25, -0.2) is 13.2 Å². The van der Waals surface area contributed by atoms with Gasteiger partial charge in [0.15, 0.2) is 9.84 Å². The van der Waals surface area contributed by atoms with Crippen LogP contribution in [0.4, 0.5) is 0 Å². The summed E-state index contributed by atoms with van der Waals surface area (Å²) in [5, 5.41) is 7.56. The minimum absolute atomic E-state index is 0.00156. The largest absolute Gasteiger partial charge is 0.463 e. The van der Waals surface area contributed by atoms with Crippen molar-refractivity contribution in [1.29, 1.82) is 5.41 Å². The summed E-state index contributed by atoms with van der Waals surface area (Å²) in [6.07, 6.45) is 1.67. The van der Waals surface area contributed by atoms with Crippen molar-refractivity contribution in [2.45, 2.75) is 23.0 Å². The smallest absolute Gasteiger partial charge is 0.337 e. The average Bonchev–Trinajstić information content (AvgIpc) is 3.25. The van der Waals surface area contributed by atoms with Gasteiger partial charge in [0.1, 0.15) is 15.7 Å². The fourth-order valence-corrected chi connectivity index (χ4v) is 7.71. The summed E-state index contributed by atoms with van der Waals surface area (Å²) in [7, 11) is -4.22. The average molecular weight is 545 g/mol. The lowest BCUT2D eigenvalue weighted by molar-refractivity contribution is -0.136. The van der Waals surface area contributed by atoms with Crippen LogP contribution in [-0.4, -0.2) is 36.6 Å². The van der Waals surface area contributed by atoms with Gasteiger partial charge in [0.2, 0.25) is 0 Å². The molecule has 192 valence electrons. The van der Waals surface area contributed by atoms with Crippen LogP contribution in [-0.2, 0) is 19.4 Å². The van der Waals surface area contributed by atoms with E-state index in [0.717, 1.165) is 21.5 Å². The number of nitrogens with one attached hydrogen (secondary N) is 1. The van der Waals surface area contributed by atoms with Crippen LogP contribution in [0.5, 0.6) is 0 Å². The van der Waals surface area contributed by atoms with Crippen molar-refractivity contribution in [3.63, 3.8) is 0 Å². The number of sulfone groups is 1. The second-order valence-corrected chi connectivity index (χ2v) is 11.8. The molecule has 0 radical (unpaired) electrons. The van der Waals surface area contributed by atoms with E-state index in [1.807, 2.05) is 30.3 Å². The van der Waals surface area contributed by atoms with Crippen molar-refractivity contribution in [1.82, 2.24) is 4.57 Å². The number of fused-ring (bicyclic) bond motifs is 1. The zero-order chi connectivity index (χ0) is 26.9. The van der Waals surface area contributed by atoms with Gasteiger partial charge in [-0.2, -0.15) is 0 Å². The summed E-state index contributed by atoms with van der Waals surface area (Å²) in [6.45, 7) is 1.73. The van der Waals surface area contributed by atoms with Gasteiger partial charge < -0.3 is 4.74 Å². The third kappa shape index (κ3) is 4.44. The monoisotopic (exact) mass is 544 g/mol. The zero-order valence-corrected chi connectivity index (χ0v) is 22.0. The molecule has 0 bridgehead atoms. The quantitative estimate of drug-likeness (QED) is 0.376. The summed E-state index contributed by atoms with van der Waals surface area (Å²) < 4.78 is 35.1. The predicted octanol–water partition coefficient (Wildman–Crippen LogP) is 2.92. The van der Waals surface area contributed by atoms with Gasteiger partial charge in [0, 0.05) is 5.92 Å². The fraction of sp³-hybridized carbons (Fsp3) is 0.138. The van der Waals surface area contributed by atoms with Crippen LogP contribution in [0.3, 0.4) is 0 Å². The Morgan fingerprint density at radius 2 is 1.55 bits per heavy atom. The van der Waals surface area contributed by atoms with E-state index in [-0.39, 0.29) is 26.3 Å². The first-order chi connectivity index (χ1) is 18.3. The van der Waals surface area contributed by atoms with E-state index in [9.17, 15) is 18.0 Å². The van der Waals surface area contributed by atoms with Gasteiger partial charge in [0.05, 0.1) is 21.6 Å². The van der Waals surface area contributed by atoms with Crippen LogP contribution in [0.2, 0.25) is 0 Å². The van der Waals surface area contributed by atoms with Crippen molar-refractivity contribution in [2.75, 3.05) is 6.61 Å². The number of rotatable bonds is 6. The molecule has 1 aliphatic rings. The van der Waals surface area contributed by atoms with Crippen LogP contribution < -0.4 is 14.8 Å². The Bertz CT molecular complexity index is 1790. The van der Waals surface area contributed by atoms with Gasteiger partial charge in [-0.05, 0) is 36.3 Å². The fourth-order valence-electron chi connectivity index (χ4n) is 4.66. The summed E-state index contributed by atoms with van der Waals surface area (Å²) in [6, 6.07) is 25.7. The number of hydrogen-bond acceptors (Lipinski definition) is 7. The van der Waals surface area contributed by atoms with E-state index in [1.54, 1.807) is 61.5 Å². The second kappa shape index (κ2) is 10.4. The molecule has 2 atom stereocenters. The van der Waals surface area contributed by atoms with Gasteiger partial charge >= 0.3 is 5.97 Å². The molecule has 5 rings (SSSR count). The third-order valence-electron chi connectivity index (χ3n) is 6.34. The minimum Gasteiger partial charge on any atom is -0.463 e. The first-order valence-corrected chi connectivity index (χ1v) is 14.3. The van der Waals surface area contributed by atoms with Crippen molar-refractivity contribution in [3.8, 4) is 0 Å². The van der Waals surface area contributed by atoms with E-state index < -0.39 is 38.4 Å². The number of carbonyl (C=O) groups is 1. The summed E-state index contributed by atoms with van der Waals surface area (Å²) in [5.41, 5.74) is 0.792. The van der Waals surface area contributed by atoms with Crippen LogP contribution in [0.25, 0.3) is 11.6 Å². The number of benzene rings is 3. The molecule has 0 saturated carbocycles. The molecule has 0 saturated heterocycles. The van der Waals surface area contributed by atoms with E-state index in [2.05, 4.69) is 0 Å². The van der Waals surface area contributed by atoms with E-state index in [4.69, 9.17) is 10.1 Å². The molecule has 38 heavy (non-hydrogen) atoms. The van der Waals surface area contributed by atoms with Gasteiger partial charge in [0.25, 0.3) is 5.56 Å². The Morgan fingerprint density at radius 3 is 2.16 bits per heavy atom. The molecule has 7 nitrogen and oxygen atoms in total. The molecule has 4 aromatic rings. The molecule has 2 heterocycles. The SMILES string of the molecule is CCOC(=O)C1=c2sc(=Cc3ccccc3)c(=O)n2C(=N)C(S(=O)(=O)c2ccccc2)C1c1ccccc1. The first kappa shape index (κ1) is 25.6. The summed E-state index contributed by atoms with van der Waals surface area (Å²) in [4.78, 5) is 27.1. The highest BCUT2D eigenvalue weighted by Crippen LogP contribution is 2.38. The maximum Gasteiger partial charge on any atom is 0.337 e. The molecule has 0 amide bonds. The lowest BCUT2D eigenvalue weighted by Gasteiger charge is -2.32. The molecule has 3 aromatic carbocycles. The van der Waals surface area contributed by atoms with Crippen LogP contribution in [0.15, 0.2) is 101 Å². The molecule has 9 heteroatoms. The Morgan fingerprint density at radius 1 is 0.974 bits per heavy atom. The highest BCUT2D eigenvalue weighted by Gasteiger charge is 2.48. The normalized spacial score (nSPS) is 17.8. The number of esters is 1. The van der Waals surface area contributed by atoms with Crippen LogP contribution in [0, 0.1) is 5.41 Å². The highest BCUT2D eigenvalue weighted by atomic mass is 32.2. The maximum absolute atomic E-state index is 14.1. The maximum atomic E-state index is 14.1. The topological polar surface area (TPSA) is 106 Å². The molecule has 0 aliphatic carbocycles. The van der Waals surface area contributed by atoms with Gasteiger partial charge in [-0.1, -0.05) is 78.9 Å². The molecule has 1 aromatic heterocycles. The van der Waals surface area contributed by atoms with Crippen molar-refractivity contribution < 1.29 is 17.9 Å². The lowest BCUT2D eigenvalue weighted by atomic mass is 9.86. The Labute approximate surface area is 223 Å². The van der Waals surface area contributed by atoms with E-state index >= 15 is 0 Å². The van der Waals surface area contributed by atoms with Crippen molar-refractivity contribution in [3.05, 3.63) is 122 Å². The molecule has 1 N–H and O–H groups in total. The summed E-state index contributed by atoms with van der Waals surface area (Å²) in [5.74, 6) is -2.18. The van der Waals surface area contributed by atoms with Gasteiger partial charge in [-0.3, -0.25) is 14.8 Å². The Balaban J connectivity index is 1.88. The molecular weight excluding hydrogens is 520 g/mol. The predicted molar refractivity (Wildman–Crippen MR) is 148 cm³/mol. The minimum atomic E-state index is -4.22. The third-order valence-corrected chi connectivity index (χ3v) is 9.54. The Kier molecular flexibility index (Phi) is 6.96. The van der Waals surface area contributed by atoms with E-state index in [0.29, 0.717) is 5.56 Å². The molecule has 2 unspecified atom stereocenters. The van der Waals surface area contributed by atoms with Crippen LogP contribution >= 0.6 is 11.3 Å². The number of aromatic nitrogens is 1. The number of nitrogens with zero attached hydrogens (tertiary/aromatic N) is 1. The molecule has 0 spiro atoms. The number of carbonyl (C=O) groups excluding carboxylic acids is 1. The second-order valence-electron chi connectivity index (χ2n) is 8.65. The van der Waals surface area contributed by atoms with Gasteiger partial charge in [-0.15, -0.1) is 11.3 Å². The lowest BCUT2D eigenvalue weighted by Crippen LogP contribution is -2.53. The van der Waals surface area contributed by atoms with Crippen LogP contribution in [0.1, 0.15) is 24.0 Å². The van der Waals surface area contributed by atoms with E-state index in [1.165, 1.54) is 12.1 Å². The number of thiazole rings is 1. The van der Waals surface area contributed by atoms with Crippen molar-refractivity contribution in [2.24, 2.45) is 0 Å². The molecular formula is C29H24N2O5S2. The summed E-state index contributed by atoms with van der Waals surface area (Å²) >= 11 is 1.05. The zero-order valence-electron chi connectivity index (χ0n) is 20.4. The number of hydrogen-bond donors (Lipinski definition) is 1. The molecule has 0 fully saturated rings.